The molecular formula is C8H13N. The summed E-state index contributed by atoms with van der Waals surface area (Å²) < 4.78 is 0. The van der Waals surface area contributed by atoms with E-state index in [2.05, 4.69) is 18.7 Å². The normalized spacial score (nSPS) is 33.1. The van der Waals surface area contributed by atoms with E-state index in [0.717, 1.165) is 6.42 Å². The molecule has 2 N–H and O–H groups in total. The summed E-state index contributed by atoms with van der Waals surface area (Å²) in [6.45, 7) is 5.91. The van der Waals surface area contributed by atoms with Crippen molar-refractivity contribution in [3.63, 3.8) is 0 Å². The van der Waals surface area contributed by atoms with Gasteiger partial charge in [0.15, 0.2) is 0 Å². The van der Waals surface area contributed by atoms with Crippen molar-refractivity contribution >= 4 is 0 Å². The van der Waals surface area contributed by atoms with Crippen LogP contribution in [-0.2, 0) is 0 Å². The smallest absolute Gasteiger partial charge is 0.0293 e. The molecule has 1 aliphatic carbocycles. The Labute approximate surface area is 56.2 Å². The van der Waals surface area contributed by atoms with Gasteiger partial charge in [0.05, 0.1) is 0 Å². The summed E-state index contributed by atoms with van der Waals surface area (Å²) in [7, 11) is 0. The molecule has 0 aliphatic heterocycles. The molecule has 0 radical (unpaired) electrons. The highest BCUT2D eigenvalue weighted by Gasteiger charge is 2.18. The summed E-state index contributed by atoms with van der Waals surface area (Å²) in [5.41, 5.74) is 6.93. The lowest BCUT2D eigenvalue weighted by Crippen LogP contribution is -2.24. The van der Waals surface area contributed by atoms with Gasteiger partial charge in [0.1, 0.15) is 0 Å². The number of allylic oxidation sites excluding steroid dienone is 1. The van der Waals surface area contributed by atoms with Gasteiger partial charge < -0.3 is 5.73 Å². The molecule has 0 fully saturated rings. The lowest BCUT2D eigenvalue weighted by molar-refractivity contribution is 0.588. The quantitative estimate of drug-likeness (QED) is 0.525. The summed E-state index contributed by atoms with van der Waals surface area (Å²) in [6.07, 6.45) is 5.26. The summed E-state index contributed by atoms with van der Waals surface area (Å²) in [4.78, 5) is 0. The van der Waals surface area contributed by atoms with Crippen LogP contribution in [0, 0.1) is 5.92 Å². The molecule has 0 heterocycles. The van der Waals surface area contributed by atoms with Crippen molar-refractivity contribution in [2.75, 3.05) is 0 Å². The first-order chi connectivity index (χ1) is 4.22. The second kappa shape index (κ2) is 2.36. The lowest BCUT2D eigenvalue weighted by atomic mass is 9.96. The van der Waals surface area contributed by atoms with Gasteiger partial charge in [0.25, 0.3) is 0 Å². The van der Waals surface area contributed by atoms with Gasteiger partial charge in [-0.05, 0) is 13.3 Å². The largest absolute Gasteiger partial charge is 0.324 e. The average molecular weight is 123 g/mol. The van der Waals surface area contributed by atoms with Gasteiger partial charge in [0, 0.05) is 12.0 Å². The first-order valence-corrected chi connectivity index (χ1v) is 3.29. The van der Waals surface area contributed by atoms with E-state index in [-0.39, 0.29) is 6.04 Å². The molecule has 1 rings (SSSR count). The van der Waals surface area contributed by atoms with Crippen molar-refractivity contribution in [2.24, 2.45) is 11.7 Å². The first kappa shape index (κ1) is 6.56. The Kier molecular flexibility index (Phi) is 1.72. The molecule has 2 unspecified atom stereocenters. The third kappa shape index (κ3) is 1.22. The number of rotatable bonds is 1. The molecule has 1 heteroatoms. The standard InChI is InChI=1S/C8H13N/c1-6(2)7-4-3-5-8(7)9/h3,5,7-8H,1,4,9H2,2H3. The van der Waals surface area contributed by atoms with E-state index in [1.807, 2.05) is 6.92 Å². The van der Waals surface area contributed by atoms with E-state index in [4.69, 9.17) is 5.73 Å². The molecule has 2 atom stereocenters. The second-order valence-corrected chi connectivity index (χ2v) is 2.69. The average Bonchev–Trinajstić information content (AvgIpc) is 2.13. The van der Waals surface area contributed by atoms with E-state index >= 15 is 0 Å². The Bertz CT molecular complexity index is 147. The van der Waals surface area contributed by atoms with Crippen LogP contribution in [0.2, 0.25) is 0 Å². The fraction of sp³-hybridized carbons (Fsp3) is 0.500. The predicted octanol–water partition coefficient (Wildman–Crippen LogP) is 1.47. The van der Waals surface area contributed by atoms with Crippen molar-refractivity contribution < 1.29 is 0 Å². The third-order valence-corrected chi connectivity index (χ3v) is 1.85. The Hall–Kier alpha value is -0.560. The Morgan fingerprint density at radius 1 is 1.78 bits per heavy atom. The number of hydrogen-bond donors (Lipinski definition) is 1. The van der Waals surface area contributed by atoms with Crippen molar-refractivity contribution in [1.82, 2.24) is 0 Å². The maximum absolute atomic E-state index is 5.73. The van der Waals surface area contributed by atoms with Crippen molar-refractivity contribution in [2.45, 2.75) is 19.4 Å². The molecule has 0 bridgehead atoms. The molecule has 0 spiro atoms. The maximum atomic E-state index is 5.73. The zero-order valence-electron chi connectivity index (χ0n) is 5.80. The SMILES string of the molecule is C=C(C)C1CC=CC1N. The molecule has 0 saturated heterocycles. The monoisotopic (exact) mass is 123 g/mol. The van der Waals surface area contributed by atoms with Crippen LogP contribution in [0.25, 0.3) is 0 Å². The fourth-order valence-electron chi connectivity index (χ4n) is 1.20. The molecule has 9 heavy (non-hydrogen) atoms. The highest BCUT2D eigenvalue weighted by Crippen LogP contribution is 2.22. The van der Waals surface area contributed by atoms with E-state index in [9.17, 15) is 0 Å². The third-order valence-electron chi connectivity index (χ3n) is 1.85. The van der Waals surface area contributed by atoms with Gasteiger partial charge in [-0.3, -0.25) is 0 Å². The Balaban J connectivity index is 2.55. The molecule has 50 valence electrons. The van der Waals surface area contributed by atoms with Crippen LogP contribution in [0.4, 0.5) is 0 Å². The highest BCUT2D eigenvalue weighted by atomic mass is 14.6. The Morgan fingerprint density at radius 2 is 2.44 bits per heavy atom. The molecule has 0 saturated carbocycles. The zero-order valence-corrected chi connectivity index (χ0v) is 5.80. The molecular weight excluding hydrogens is 110 g/mol. The number of hydrogen-bond acceptors (Lipinski definition) is 1. The van der Waals surface area contributed by atoms with Crippen LogP contribution in [0.1, 0.15) is 13.3 Å². The lowest BCUT2D eigenvalue weighted by Gasteiger charge is -2.13. The van der Waals surface area contributed by atoms with E-state index in [0.29, 0.717) is 5.92 Å². The van der Waals surface area contributed by atoms with E-state index in [1.165, 1.54) is 5.57 Å². The molecule has 0 aromatic carbocycles. The van der Waals surface area contributed by atoms with Crippen LogP contribution < -0.4 is 5.73 Å². The van der Waals surface area contributed by atoms with Crippen LogP contribution >= 0.6 is 0 Å². The molecule has 1 aliphatic rings. The minimum Gasteiger partial charge on any atom is -0.324 e. The van der Waals surface area contributed by atoms with Crippen LogP contribution in [0.15, 0.2) is 24.3 Å². The summed E-state index contributed by atoms with van der Waals surface area (Å²) >= 11 is 0. The van der Waals surface area contributed by atoms with Gasteiger partial charge in [-0.2, -0.15) is 0 Å². The van der Waals surface area contributed by atoms with Crippen molar-refractivity contribution in [1.29, 1.82) is 0 Å². The Morgan fingerprint density at radius 3 is 2.67 bits per heavy atom. The van der Waals surface area contributed by atoms with Gasteiger partial charge in [-0.1, -0.05) is 24.3 Å². The van der Waals surface area contributed by atoms with Crippen LogP contribution in [0.3, 0.4) is 0 Å². The van der Waals surface area contributed by atoms with Gasteiger partial charge in [-0.25, -0.2) is 0 Å². The molecule has 0 amide bonds. The minimum absolute atomic E-state index is 0.225. The van der Waals surface area contributed by atoms with Gasteiger partial charge in [-0.15, -0.1) is 0 Å². The van der Waals surface area contributed by atoms with E-state index < -0.39 is 0 Å². The summed E-state index contributed by atoms with van der Waals surface area (Å²) in [6, 6.07) is 0.225. The molecule has 1 nitrogen and oxygen atoms in total. The second-order valence-electron chi connectivity index (χ2n) is 2.69. The van der Waals surface area contributed by atoms with Gasteiger partial charge in [0.2, 0.25) is 0 Å². The minimum atomic E-state index is 0.225. The summed E-state index contributed by atoms with van der Waals surface area (Å²) in [5.74, 6) is 0.505. The van der Waals surface area contributed by atoms with Crippen LogP contribution in [0.5, 0.6) is 0 Å². The zero-order chi connectivity index (χ0) is 6.85. The predicted molar refractivity (Wildman–Crippen MR) is 40.0 cm³/mol. The van der Waals surface area contributed by atoms with Gasteiger partial charge >= 0.3 is 0 Å². The van der Waals surface area contributed by atoms with E-state index in [1.54, 1.807) is 0 Å². The molecule has 0 aromatic heterocycles. The topological polar surface area (TPSA) is 26.0 Å². The first-order valence-electron chi connectivity index (χ1n) is 3.29. The van der Waals surface area contributed by atoms with Crippen molar-refractivity contribution in [3.8, 4) is 0 Å². The maximum Gasteiger partial charge on any atom is 0.0293 e. The van der Waals surface area contributed by atoms with Crippen molar-refractivity contribution in [3.05, 3.63) is 24.3 Å². The molecule has 0 aromatic rings. The van der Waals surface area contributed by atoms with Crippen LogP contribution in [-0.4, -0.2) is 6.04 Å². The number of nitrogens with two attached hydrogens (primary N) is 1. The summed E-state index contributed by atoms with van der Waals surface area (Å²) in [5, 5.41) is 0. The highest BCUT2D eigenvalue weighted by molar-refractivity contribution is 5.14. The fourth-order valence-corrected chi connectivity index (χ4v) is 1.20.